The van der Waals surface area contributed by atoms with E-state index in [1.165, 1.54) is 39.0 Å². The Morgan fingerprint density at radius 3 is 2.48 bits per heavy atom. The van der Waals surface area contributed by atoms with Crippen LogP contribution < -0.4 is 4.90 Å². The fourth-order valence-corrected chi connectivity index (χ4v) is 3.78. The van der Waals surface area contributed by atoms with E-state index in [1.54, 1.807) is 17.0 Å². The molecule has 0 atom stereocenters. The molecule has 1 aromatic rings. The molecule has 126 valence electrons. The number of piperidine rings is 1. The van der Waals surface area contributed by atoms with Crippen molar-refractivity contribution in [2.75, 3.05) is 46.3 Å². The van der Waals surface area contributed by atoms with Crippen molar-refractivity contribution < 1.29 is 9.82 Å². The summed E-state index contributed by atoms with van der Waals surface area (Å²) in [5, 5.41) is 11.1. The van der Waals surface area contributed by atoms with Crippen molar-refractivity contribution in [2.45, 2.75) is 25.4 Å². The van der Waals surface area contributed by atoms with Gasteiger partial charge >= 0.3 is 0 Å². The summed E-state index contributed by atoms with van der Waals surface area (Å²) in [4.78, 5) is 17.5. The van der Waals surface area contributed by atoms with Gasteiger partial charge in [-0.15, -0.1) is 0 Å². The molecular weight excluding hydrogens is 292 g/mol. The van der Waals surface area contributed by atoms with Gasteiger partial charge in [0.1, 0.15) is 0 Å². The molecule has 3 rings (SSSR count). The highest BCUT2D eigenvalue weighted by Gasteiger charge is 2.28. The fraction of sp³-hybridized carbons (Fsp3) is 0.647. The fourth-order valence-electron chi connectivity index (χ4n) is 3.78. The number of likely N-dealkylation sites (tertiary alicyclic amines) is 1. The molecule has 0 bridgehead atoms. The van der Waals surface area contributed by atoms with Crippen molar-refractivity contribution in [2.24, 2.45) is 0 Å². The van der Waals surface area contributed by atoms with Crippen molar-refractivity contribution in [3.05, 3.63) is 39.9 Å². The van der Waals surface area contributed by atoms with Crippen LogP contribution in [-0.4, -0.2) is 67.1 Å². The zero-order valence-electron chi connectivity index (χ0n) is 13.9. The van der Waals surface area contributed by atoms with Crippen molar-refractivity contribution in [1.82, 2.24) is 9.80 Å². The van der Waals surface area contributed by atoms with E-state index in [1.807, 2.05) is 12.1 Å². The van der Waals surface area contributed by atoms with Crippen molar-refractivity contribution in [1.29, 1.82) is 0 Å². The molecule has 1 N–H and O–H groups in total. The van der Waals surface area contributed by atoms with Gasteiger partial charge in [0.25, 0.3) is 5.69 Å². The second-order valence-corrected chi connectivity index (χ2v) is 6.89. The molecule has 6 nitrogen and oxygen atoms in total. The molecule has 0 aromatic heterocycles. The maximum absolute atomic E-state index is 11.1. The highest BCUT2D eigenvalue weighted by Crippen LogP contribution is 2.23. The van der Waals surface area contributed by atoms with Gasteiger partial charge in [-0.2, -0.15) is 0 Å². The Labute approximate surface area is 137 Å². The summed E-state index contributed by atoms with van der Waals surface area (Å²) in [5.41, 5.74) is 1.08. The summed E-state index contributed by atoms with van der Waals surface area (Å²) in [6.45, 7) is 7.68. The Kier molecular flexibility index (Phi) is 5.25. The van der Waals surface area contributed by atoms with Crippen LogP contribution >= 0.6 is 0 Å². The molecule has 2 aliphatic heterocycles. The van der Waals surface area contributed by atoms with E-state index in [0.29, 0.717) is 12.6 Å². The predicted molar refractivity (Wildman–Crippen MR) is 89.6 cm³/mol. The normalized spacial score (nSPS) is 22.3. The van der Waals surface area contributed by atoms with Gasteiger partial charge in [0.2, 0.25) is 0 Å². The van der Waals surface area contributed by atoms with E-state index in [2.05, 4.69) is 16.8 Å². The lowest BCUT2D eigenvalue weighted by molar-refractivity contribution is -0.884. The van der Waals surface area contributed by atoms with Gasteiger partial charge in [0.15, 0.2) is 0 Å². The first-order chi connectivity index (χ1) is 11.1. The lowest BCUT2D eigenvalue weighted by Gasteiger charge is -2.40. The number of quaternary nitrogens is 1. The molecule has 2 fully saturated rings. The summed E-state index contributed by atoms with van der Waals surface area (Å²) in [5.74, 6) is 0. The minimum atomic E-state index is -0.269. The number of rotatable bonds is 4. The summed E-state index contributed by atoms with van der Waals surface area (Å²) in [6, 6.07) is 7.82. The number of nitro benzene ring substituents is 1. The van der Waals surface area contributed by atoms with Crippen molar-refractivity contribution in [3.8, 4) is 0 Å². The van der Waals surface area contributed by atoms with E-state index in [9.17, 15) is 10.1 Å². The van der Waals surface area contributed by atoms with Gasteiger partial charge in [-0.3, -0.25) is 19.9 Å². The van der Waals surface area contributed by atoms with Gasteiger partial charge in [-0.05, 0) is 25.9 Å². The largest absolute Gasteiger partial charge is 0.335 e. The summed E-state index contributed by atoms with van der Waals surface area (Å²) in [6.07, 6.45) is 2.36. The predicted octanol–water partition coefficient (Wildman–Crippen LogP) is 0.390. The van der Waals surface area contributed by atoms with Gasteiger partial charge < -0.3 is 4.90 Å². The van der Waals surface area contributed by atoms with Crippen molar-refractivity contribution >= 4 is 5.69 Å². The van der Waals surface area contributed by atoms with E-state index < -0.39 is 0 Å². The van der Waals surface area contributed by atoms with Crippen LogP contribution in [0.25, 0.3) is 0 Å². The average molecular weight is 319 g/mol. The standard InChI is InChI=1S/C17H26N4O2/c1-18-10-12-20(13-11-18)16-6-8-19(9-7-16)14-15-4-2-3-5-17(15)21(22)23/h2-5,16H,6-14H2,1H3/p+1. The minimum absolute atomic E-state index is 0.247. The van der Waals surface area contributed by atoms with Crippen LogP contribution in [-0.2, 0) is 6.54 Å². The smallest absolute Gasteiger partial charge is 0.273 e. The maximum Gasteiger partial charge on any atom is 0.273 e. The number of para-hydroxylation sites is 1. The van der Waals surface area contributed by atoms with Crippen LogP contribution in [0.3, 0.4) is 0 Å². The molecule has 2 heterocycles. The van der Waals surface area contributed by atoms with Crippen LogP contribution in [0.5, 0.6) is 0 Å². The zero-order chi connectivity index (χ0) is 16.2. The third-order valence-electron chi connectivity index (χ3n) is 5.31. The monoisotopic (exact) mass is 319 g/mol. The molecule has 2 aliphatic rings. The molecule has 0 saturated carbocycles. The molecule has 0 amide bonds. The lowest BCUT2D eigenvalue weighted by atomic mass is 10.0. The number of nitrogens with one attached hydrogen (secondary N) is 1. The third-order valence-corrected chi connectivity index (χ3v) is 5.31. The summed E-state index contributed by atoms with van der Waals surface area (Å²) < 4.78 is 0. The Hall–Kier alpha value is -1.50. The minimum Gasteiger partial charge on any atom is -0.335 e. The van der Waals surface area contributed by atoms with Gasteiger partial charge in [-0.1, -0.05) is 18.2 Å². The first kappa shape index (κ1) is 16.4. The highest BCUT2D eigenvalue weighted by atomic mass is 16.6. The number of nitro groups is 1. The lowest BCUT2D eigenvalue weighted by Crippen LogP contribution is -3.12. The number of likely N-dealkylation sites (N-methyl/N-ethyl adjacent to an activating group) is 1. The van der Waals surface area contributed by atoms with E-state index in [4.69, 9.17) is 0 Å². The van der Waals surface area contributed by atoms with Crippen LogP contribution in [0.1, 0.15) is 18.4 Å². The van der Waals surface area contributed by atoms with Crippen molar-refractivity contribution in [3.63, 3.8) is 0 Å². The first-order valence-corrected chi connectivity index (χ1v) is 8.63. The topological polar surface area (TPSA) is 54.1 Å². The van der Waals surface area contributed by atoms with Crippen LogP contribution in [0.15, 0.2) is 24.3 Å². The molecule has 0 aliphatic carbocycles. The maximum atomic E-state index is 11.1. The number of hydrogen-bond donors (Lipinski definition) is 1. The number of benzene rings is 1. The highest BCUT2D eigenvalue weighted by molar-refractivity contribution is 5.39. The molecule has 0 unspecified atom stereocenters. The molecule has 6 heteroatoms. The average Bonchev–Trinajstić information content (AvgIpc) is 2.57. The Morgan fingerprint density at radius 1 is 1.17 bits per heavy atom. The van der Waals surface area contributed by atoms with Gasteiger partial charge in [0.05, 0.1) is 25.1 Å². The first-order valence-electron chi connectivity index (χ1n) is 8.63. The number of nitrogens with zero attached hydrogens (tertiary/aromatic N) is 3. The van der Waals surface area contributed by atoms with E-state index in [-0.39, 0.29) is 10.6 Å². The Balaban J connectivity index is 1.53. The Bertz CT molecular complexity index is 535. The molecule has 0 radical (unpaired) electrons. The van der Waals surface area contributed by atoms with Gasteiger partial charge in [-0.25, -0.2) is 0 Å². The Morgan fingerprint density at radius 2 is 1.83 bits per heavy atom. The summed E-state index contributed by atoms with van der Waals surface area (Å²) >= 11 is 0. The molecule has 1 aromatic carbocycles. The van der Waals surface area contributed by atoms with E-state index in [0.717, 1.165) is 18.7 Å². The zero-order valence-corrected chi connectivity index (χ0v) is 13.9. The molecule has 0 spiro atoms. The van der Waals surface area contributed by atoms with Crippen LogP contribution in [0.2, 0.25) is 0 Å². The third kappa shape index (κ3) is 4.07. The second kappa shape index (κ2) is 7.38. The van der Waals surface area contributed by atoms with Crippen LogP contribution in [0, 0.1) is 10.1 Å². The second-order valence-electron chi connectivity index (χ2n) is 6.89. The van der Waals surface area contributed by atoms with Gasteiger partial charge in [0, 0.05) is 37.3 Å². The molecule has 2 saturated heterocycles. The van der Waals surface area contributed by atoms with Crippen LogP contribution in [0.4, 0.5) is 5.69 Å². The molecular formula is C17H27N4O2+. The number of hydrogen-bond acceptors (Lipinski definition) is 4. The summed E-state index contributed by atoms with van der Waals surface area (Å²) in [7, 11) is 2.27. The SMILES string of the molecule is C[NH+]1CCN(C2CCN(Cc3ccccc3[N+](=O)[O-])CC2)CC1. The molecule has 23 heavy (non-hydrogen) atoms. The quantitative estimate of drug-likeness (QED) is 0.644. The number of piperazine rings is 1. The van der Waals surface area contributed by atoms with E-state index >= 15 is 0 Å².